The second kappa shape index (κ2) is 8.09. The number of hydrogen-bond acceptors (Lipinski definition) is 1. The molecule has 2 heteroatoms. The van der Waals surface area contributed by atoms with Crippen LogP contribution in [0.1, 0.15) is 45.4 Å². The van der Waals surface area contributed by atoms with Crippen LogP contribution in [0.3, 0.4) is 0 Å². The van der Waals surface area contributed by atoms with Crippen LogP contribution in [0.25, 0.3) is 0 Å². The molecule has 0 spiro atoms. The topological polar surface area (TPSA) is 12.4 Å². The maximum atomic E-state index is 4.23. The molecule has 0 amide bonds. The Labute approximate surface area is 102 Å². The van der Waals surface area contributed by atoms with E-state index in [1.165, 1.54) is 38.5 Å². The minimum absolute atomic E-state index is 0.685. The smallest absolute Gasteiger partial charge is 0.0226 e. The molecule has 0 aliphatic carbocycles. The summed E-state index contributed by atoms with van der Waals surface area (Å²) in [4.78, 5) is 4.23. The molecule has 0 aromatic heterocycles. The summed E-state index contributed by atoms with van der Waals surface area (Å²) in [6.07, 6.45) is 14.4. The van der Waals surface area contributed by atoms with Crippen LogP contribution >= 0.6 is 15.9 Å². The van der Waals surface area contributed by atoms with Crippen LogP contribution < -0.4 is 0 Å². The zero-order valence-corrected chi connectivity index (χ0v) is 11.2. The van der Waals surface area contributed by atoms with Crippen LogP contribution in [0.5, 0.6) is 0 Å². The van der Waals surface area contributed by atoms with Crippen molar-refractivity contribution in [1.29, 1.82) is 0 Å². The Morgan fingerprint density at radius 3 is 2.60 bits per heavy atom. The number of hydrogen-bond donors (Lipinski definition) is 0. The molecule has 15 heavy (non-hydrogen) atoms. The van der Waals surface area contributed by atoms with Gasteiger partial charge in [0.25, 0.3) is 0 Å². The molecule has 86 valence electrons. The summed E-state index contributed by atoms with van der Waals surface area (Å²) in [5.74, 6) is 1.37. The van der Waals surface area contributed by atoms with Crippen LogP contribution in [0.2, 0.25) is 0 Å². The Morgan fingerprint density at radius 2 is 1.87 bits per heavy atom. The van der Waals surface area contributed by atoms with E-state index < -0.39 is 0 Å². The molecule has 0 aromatic rings. The number of halogens is 1. The highest BCUT2D eigenvalue weighted by Gasteiger charge is 2.13. The molecule has 1 aliphatic rings. The minimum atomic E-state index is 0.685. The van der Waals surface area contributed by atoms with Gasteiger partial charge in [0, 0.05) is 23.7 Å². The van der Waals surface area contributed by atoms with E-state index in [-0.39, 0.29) is 0 Å². The molecule has 1 aliphatic heterocycles. The molecule has 1 rings (SSSR count). The molecule has 0 aromatic carbocycles. The summed E-state index contributed by atoms with van der Waals surface area (Å²) in [6, 6.07) is 0. The van der Waals surface area contributed by atoms with Crippen molar-refractivity contribution in [2.45, 2.75) is 45.4 Å². The fourth-order valence-corrected chi connectivity index (χ4v) is 2.36. The third-order valence-electron chi connectivity index (χ3n) is 3.10. The van der Waals surface area contributed by atoms with Crippen molar-refractivity contribution in [3.8, 4) is 0 Å². The Kier molecular flexibility index (Phi) is 6.99. The van der Waals surface area contributed by atoms with Gasteiger partial charge >= 0.3 is 0 Å². The van der Waals surface area contributed by atoms with Crippen molar-refractivity contribution in [2.24, 2.45) is 16.8 Å². The lowest BCUT2D eigenvalue weighted by Gasteiger charge is -2.19. The van der Waals surface area contributed by atoms with Gasteiger partial charge in [0.1, 0.15) is 0 Å². The third kappa shape index (κ3) is 5.50. The van der Waals surface area contributed by atoms with Crippen LogP contribution in [0, 0.1) is 11.8 Å². The first-order chi connectivity index (χ1) is 7.34. The largest absolute Gasteiger partial charge is 0.269 e. The predicted molar refractivity (Wildman–Crippen MR) is 71.8 cm³/mol. The number of alkyl halides is 1. The predicted octanol–water partition coefficient (Wildman–Crippen LogP) is 4.57. The van der Waals surface area contributed by atoms with E-state index in [1.54, 1.807) is 0 Å². The maximum absolute atomic E-state index is 4.23. The van der Waals surface area contributed by atoms with Gasteiger partial charge in [-0.3, -0.25) is 4.99 Å². The standard InChI is InChI=1S/C13H22BrN/c1-12-8-10-15-11-13(12)7-5-3-2-4-6-9-14/h8,10-13H,2-7,9H2,1H3. The highest BCUT2D eigenvalue weighted by Crippen LogP contribution is 2.21. The molecule has 1 heterocycles. The quantitative estimate of drug-likeness (QED) is 0.475. The van der Waals surface area contributed by atoms with Gasteiger partial charge in [0.05, 0.1) is 0 Å². The molecule has 2 unspecified atom stereocenters. The Balaban J connectivity index is 2.00. The summed E-state index contributed by atoms with van der Waals surface area (Å²) < 4.78 is 0. The minimum Gasteiger partial charge on any atom is -0.269 e. The average molecular weight is 272 g/mol. The molecule has 0 radical (unpaired) electrons. The first-order valence-electron chi connectivity index (χ1n) is 6.10. The maximum Gasteiger partial charge on any atom is 0.0226 e. The molecule has 0 saturated heterocycles. The van der Waals surface area contributed by atoms with E-state index in [2.05, 4.69) is 40.1 Å². The van der Waals surface area contributed by atoms with E-state index >= 15 is 0 Å². The zero-order chi connectivity index (χ0) is 10.9. The van der Waals surface area contributed by atoms with Gasteiger partial charge in [-0.15, -0.1) is 0 Å². The van der Waals surface area contributed by atoms with E-state index in [0.717, 1.165) is 5.33 Å². The lowest BCUT2D eigenvalue weighted by molar-refractivity contribution is 0.473. The fraction of sp³-hybridized carbons (Fsp3) is 0.769. The summed E-state index contributed by atoms with van der Waals surface area (Å²) in [6.45, 7) is 2.29. The van der Waals surface area contributed by atoms with Crippen molar-refractivity contribution in [1.82, 2.24) is 0 Å². The third-order valence-corrected chi connectivity index (χ3v) is 3.66. The van der Waals surface area contributed by atoms with Crippen molar-refractivity contribution in [3.05, 3.63) is 12.3 Å². The lowest BCUT2D eigenvalue weighted by Crippen LogP contribution is -2.13. The van der Waals surface area contributed by atoms with Crippen molar-refractivity contribution in [3.63, 3.8) is 0 Å². The monoisotopic (exact) mass is 271 g/mol. The summed E-state index contributed by atoms with van der Waals surface area (Å²) in [5.41, 5.74) is 0. The van der Waals surface area contributed by atoms with Gasteiger partial charge in [-0.1, -0.05) is 54.6 Å². The molecule has 1 nitrogen and oxygen atoms in total. The van der Waals surface area contributed by atoms with Gasteiger partial charge in [-0.05, 0) is 18.8 Å². The first kappa shape index (κ1) is 13.0. The number of nitrogens with zero attached hydrogens (tertiary/aromatic N) is 1. The molecular formula is C13H22BrN. The van der Waals surface area contributed by atoms with Crippen molar-refractivity contribution >= 4 is 22.1 Å². The highest BCUT2D eigenvalue weighted by atomic mass is 79.9. The number of aliphatic imine (C=N–C) groups is 1. The number of allylic oxidation sites excluding steroid dienone is 1. The first-order valence-corrected chi connectivity index (χ1v) is 7.22. The van der Waals surface area contributed by atoms with E-state index in [4.69, 9.17) is 0 Å². The molecular weight excluding hydrogens is 250 g/mol. The van der Waals surface area contributed by atoms with Gasteiger partial charge in [0.15, 0.2) is 0 Å². The summed E-state index contributed by atoms with van der Waals surface area (Å²) >= 11 is 3.46. The fourth-order valence-electron chi connectivity index (χ4n) is 1.97. The van der Waals surface area contributed by atoms with Crippen molar-refractivity contribution < 1.29 is 0 Å². The highest BCUT2D eigenvalue weighted by molar-refractivity contribution is 9.09. The SMILES string of the molecule is CC1C=CN=CC1CCCCCCCBr. The van der Waals surface area contributed by atoms with Gasteiger partial charge in [-0.2, -0.15) is 0 Å². The number of rotatable bonds is 7. The molecule has 0 saturated carbocycles. The lowest BCUT2D eigenvalue weighted by atomic mass is 9.89. The Morgan fingerprint density at radius 1 is 1.13 bits per heavy atom. The van der Waals surface area contributed by atoms with Crippen LogP contribution in [0.4, 0.5) is 0 Å². The van der Waals surface area contributed by atoms with Gasteiger partial charge < -0.3 is 0 Å². The second-order valence-corrected chi connectivity index (χ2v) is 5.20. The van der Waals surface area contributed by atoms with Gasteiger partial charge in [0.2, 0.25) is 0 Å². The van der Waals surface area contributed by atoms with E-state index in [9.17, 15) is 0 Å². The Bertz CT molecular complexity index is 211. The summed E-state index contributed by atoms with van der Waals surface area (Å²) in [5, 5.41) is 1.16. The molecule has 0 bridgehead atoms. The van der Waals surface area contributed by atoms with Crippen LogP contribution in [-0.2, 0) is 0 Å². The average Bonchev–Trinajstić information content (AvgIpc) is 2.25. The molecule has 2 atom stereocenters. The number of unbranched alkanes of at least 4 members (excludes halogenated alkanes) is 4. The van der Waals surface area contributed by atoms with E-state index in [1.807, 2.05) is 6.20 Å². The van der Waals surface area contributed by atoms with E-state index in [0.29, 0.717) is 11.8 Å². The van der Waals surface area contributed by atoms with Crippen LogP contribution in [-0.4, -0.2) is 11.5 Å². The zero-order valence-electron chi connectivity index (χ0n) is 9.66. The van der Waals surface area contributed by atoms with Crippen molar-refractivity contribution in [2.75, 3.05) is 5.33 Å². The normalized spacial score (nSPS) is 24.7. The summed E-state index contributed by atoms with van der Waals surface area (Å²) in [7, 11) is 0. The molecule has 0 N–H and O–H groups in total. The van der Waals surface area contributed by atoms with Crippen LogP contribution in [0.15, 0.2) is 17.3 Å². The van der Waals surface area contributed by atoms with Gasteiger partial charge in [-0.25, -0.2) is 0 Å². The Hall–Kier alpha value is -0.110. The molecule has 0 fully saturated rings. The second-order valence-electron chi connectivity index (χ2n) is 4.41.